The summed E-state index contributed by atoms with van der Waals surface area (Å²) in [6.45, 7) is 3.91. The zero-order valence-corrected chi connectivity index (χ0v) is 25.5. The van der Waals surface area contributed by atoms with Crippen molar-refractivity contribution >= 4 is 35.4 Å². The molecule has 0 saturated heterocycles. The average Bonchev–Trinajstić information content (AvgIpc) is 3.04. The third-order valence-corrected chi connectivity index (χ3v) is 7.19. The zero-order valence-electron chi connectivity index (χ0n) is 25.5. The number of rotatable bonds is 13. The number of amides is 3. The number of hydrogen-bond donors (Lipinski definition) is 5. The molecule has 3 amide bonds. The van der Waals surface area contributed by atoms with Crippen LogP contribution in [0.4, 0.5) is 21.0 Å². The minimum absolute atomic E-state index is 0.0947. The number of carbonyl (C=O) groups excluding carboxylic acids is 3. The predicted molar refractivity (Wildman–Crippen MR) is 173 cm³/mol. The van der Waals surface area contributed by atoms with E-state index in [1.54, 1.807) is 54.6 Å². The molecule has 0 aromatic heterocycles. The van der Waals surface area contributed by atoms with E-state index in [2.05, 4.69) is 16.0 Å². The lowest BCUT2D eigenvalue weighted by molar-refractivity contribution is -0.138. The van der Waals surface area contributed by atoms with Crippen molar-refractivity contribution in [2.75, 3.05) is 17.2 Å². The molecule has 4 aromatic carbocycles. The molecular weight excluding hydrogens is 588 g/mol. The molecule has 0 saturated carbocycles. The Morgan fingerprint density at radius 1 is 0.804 bits per heavy atom. The number of carboxylic acid groups (broad SMARTS) is 1. The van der Waals surface area contributed by atoms with Gasteiger partial charge in [0, 0.05) is 23.4 Å². The van der Waals surface area contributed by atoms with Crippen LogP contribution in [0, 0.1) is 6.92 Å². The van der Waals surface area contributed by atoms with Crippen molar-refractivity contribution in [2.45, 2.75) is 39.0 Å². The highest BCUT2D eigenvalue weighted by molar-refractivity contribution is 5.94. The summed E-state index contributed by atoms with van der Waals surface area (Å²) in [4.78, 5) is 48.3. The van der Waals surface area contributed by atoms with Crippen LogP contribution in [0.2, 0.25) is 0 Å². The molecule has 11 nitrogen and oxygen atoms in total. The molecule has 46 heavy (non-hydrogen) atoms. The first-order chi connectivity index (χ1) is 22.1. The fraction of sp³-hybridized carbons (Fsp3) is 0.200. The molecule has 0 radical (unpaired) electrons. The van der Waals surface area contributed by atoms with E-state index >= 15 is 0 Å². The number of hydrogen-bond acceptors (Lipinski definition) is 7. The highest BCUT2D eigenvalue weighted by atomic mass is 16.6. The second-order valence-electron chi connectivity index (χ2n) is 10.6. The molecule has 0 aliphatic heterocycles. The minimum atomic E-state index is -1.09. The number of carbonyl (C=O) groups is 4. The topological polar surface area (TPSA) is 169 Å². The van der Waals surface area contributed by atoms with E-state index in [0.29, 0.717) is 23.4 Å². The van der Waals surface area contributed by atoms with Crippen LogP contribution in [0.5, 0.6) is 0 Å². The number of ether oxygens (including phenoxy) is 2. The van der Waals surface area contributed by atoms with Gasteiger partial charge >= 0.3 is 18.2 Å². The summed E-state index contributed by atoms with van der Waals surface area (Å²) < 4.78 is 10.7. The van der Waals surface area contributed by atoms with Gasteiger partial charge in [0.2, 0.25) is 5.91 Å². The summed E-state index contributed by atoms with van der Waals surface area (Å²) >= 11 is 0. The second kappa shape index (κ2) is 15.8. The van der Waals surface area contributed by atoms with Crippen LogP contribution in [0.3, 0.4) is 0 Å². The van der Waals surface area contributed by atoms with Crippen LogP contribution in [0.1, 0.15) is 57.2 Å². The van der Waals surface area contributed by atoms with Crippen molar-refractivity contribution in [1.82, 2.24) is 5.32 Å². The second-order valence-corrected chi connectivity index (χ2v) is 10.6. The zero-order chi connectivity index (χ0) is 33.1. The van der Waals surface area contributed by atoms with Crippen LogP contribution in [-0.2, 0) is 27.3 Å². The molecule has 4 rings (SSSR count). The maximum absolute atomic E-state index is 12.5. The van der Waals surface area contributed by atoms with Crippen LogP contribution in [-0.4, -0.2) is 35.8 Å². The predicted octanol–water partition coefficient (Wildman–Crippen LogP) is 6.11. The minimum Gasteiger partial charge on any atom is -0.479 e. The first kappa shape index (κ1) is 33.1. The summed E-state index contributed by atoms with van der Waals surface area (Å²) in [5.74, 6) is -1.70. The highest BCUT2D eigenvalue weighted by Gasteiger charge is 2.21. The van der Waals surface area contributed by atoms with Gasteiger partial charge in [-0.3, -0.25) is 10.1 Å². The van der Waals surface area contributed by atoms with E-state index in [4.69, 9.17) is 15.2 Å². The van der Waals surface area contributed by atoms with Crippen LogP contribution >= 0.6 is 0 Å². The van der Waals surface area contributed by atoms with E-state index in [1.165, 1.54) is 6.07 Å². The lowest BCUT2D eigenvalue weighted by atomic mass is 9.98. The summed E-state index contributed by atoms with van der Waals surface area (Å²) in [5.41, 5.74) is 10.4. The van der Waals surface area contributed by atoms with Gasteiger partial charge in [-0.1, -0.05) is 66.7 Å². The quantitative estimate of drug-likeness (QED) is 0.119. The Morgan fingerprint density at radius 2 is 1.54 bits per heavy atom. The van der Waals surface area contributed by atoms with Gasteiger partial charge in [-0.05, 0) is 72.0 Å². The number of alkyl carbamates (subject to hydrolysis) is 1. The Morgan fingerprint density at radius 3 is 2.26 bits per heavy atom. The molecule has 6 N–H and O–H groups in total. The van der Waals surface area contributed by atoms with Gasteiger partial charge < -0.3 is 30.9 Å². The summed E-state index contributed by atoms with van der Waals surface area (Å²) in [6, 6.07) is 26.6. The molecule has 0 spiro atoms. The van der Waals surface area contributed by atoms with Crippen molar-refractivity contribution in [3.8, 4) is 0 Å². The Hall–Kier alpha value is -5.84. The Kier molecular flexibility index (Phi) is 11.3. The molecular formula is C35H36N4O7. The molecule has 2 atom stereocenters. The van der Waals surface area contributed by atoms with Crippen LogP contribution in [0.15, 0.2) is 97.1 Å². The number of nitrogens with one attached hydrogen (secondary N) is 3. The Bertz CT molecular complexity index is 1690. The smallest absolute Gasteiger partial charge is 0.411 e. The third kappa shape index (κ3) is 9.58. The standard InChI is InChI=1S/C35H36N4O7/c1-22-18-27(31(33(41)42)38-29-12-7-11-28(20-29)32(36)40)15-14-25(22)16-17-45-35(44)39-30-13-6-10-26(19-30)23(2)37-34(43)46-21-24-8-4-3-5-9-24/h3-15,18-20,23,31,38H,16-17,21H2,1-2H3,(H2,36,40)(H,37,43)(H,39,44)(H,41,42)/t23-,31?/m1/s1. The van der Waals surface area contributed by atoms with Crippen molar-refractivity contribution in [1.29, 1.82) is 0 Å². The summed E-state index contributed by atoms with van der Waals surface area (Å²) in [7, 11) is 0. The lowest BCUT2D eigenvalue weighted by Crippen LogP contribution is -2.27. The number of carboxylic acids is 1. The molecule has 238 valence electrons. The molecule has 4 aromatic rings. The molecule has 1 unspecified atom stereocenters. The molecule has 0 fully saturated rings. The number of benzene rings is 4. The Balaban J connectivity index is 1.27. The maximum atomic E-state index is 12.5. The molecule has 0 aliphatic carbocycles. The number of aliphatic carboxylic acids is 1. The average molecular weight is 625 g/mol. The lowest BCUT2D eigenvalue weighted by Gasteiger charge is -2.18. The highest BCUT2D eigenvalue weighted by Crippen LogP contribution is 2.24. The van der Waals surface area contributed by atoms with E-state index in [0.717, 1.165) is 22.3 Å². The number of aryl methyl sites for hydroxylation is 1. The number of anilines is 2. The van der Waals surface area contributed by atoms with E-state index in [9.17, 15) is 24.3 Å². The van der Waals surface area contributed by atoms with Crippen molar-refractivity contribution in [3.63, 3.8) is 0 Å². The molecule has 0 heterocycles. The summed E-state index contributed by atoms with van der Waals surface area (Å²) in [5, 5.41) is 18.3. The SMILES string of the molecule is Cc1cc(C(Nc2cccc(C(N)=O)c2)C(=O)O)ccc1CCOC(=O)Nc1cccc([C@@H](C)NC(=O)OCc2ccccc2)c1. The first-order valence-electron chi connectivity index (χ1n) is 14.6. The fourth-order valence-electron chi connectivity index (χ4n) is 4.71. The molecule has 0 aliphatic rings. The Labute approximate surface area is 266 Å². The van der Waals surface area contributed by atoms with Gasteiger partial charge in [-0.2, -0.15) is 0 Å². The van der Waals surface area contributed by atoms with Gasteiger partial charge in [0.15, 0.2) is 6.04 Å². The van der Waals surface area contributed by atoms with Crippen molar-refractivity contribution in [3.05, 3.63) is 130 Å². The maximum Gasteiger partial charge on any atom is 0.411 e. The normalized spacial score (nSPS) is 11.9. The monoisotopic (exact) mass is 624 g/mol. The number of nitrogens with two attached hydrogens (primary N) is 1. The largest absolute Gasteiger partial charge is 0.479 e. The van der Waals surface area contributed by atoms with Crippen LogP contribution in [0.25, 0.3) is 0 Å². The fourth-order valence-corrected chi connectivity index (χ4v) is 4.71. The van der Waals surface area contributed by atoms with Gasteiger partial charge in [0.25, 0.3) is 0 Å². The molecule has 0 bridgehead atoms. The van der Waals surface area contributed by atoms with E-state index < -0.39 is 30.1 Å². The van der Waals surface area contributed by atoms with Crippen molar-refractivity contribution in [2.24, 2.45) is 5.73 Å². The number of primary amides is 1. The third-order valence-electron chi connectivity index (χ3n) is 7.19. The van der Waals surface area contributed by atoms with Gasteiger partial charge in [-0.15, -0.1) is 0 Å². The van der Waals surface area contributed by atoms with Gasteiger partial charge in [0.05, 0.1) is 12.6 Å². The van der Waals surface area contributed by atoms with Crippen molar-refractivity contribution < 1.29 is 33.8 Å². The van der Waals surface area contributed by atoms with E-state index in [-0.39, 0.29) is 24.8 Å². The van der Waals surface area contributed by atoms with Gasteiger partial charge in [0.1, 0.15) is 6.61 Å². The van der Waals surface area contributed by atoms with E-state index in [1.807, 2.05) is 50.2 Å². The van der Waals surface area contributed by atoms with Crippen LogP contribution < -0.4 is 21.7 Å². The first-order valence-corrected chi connectivity index (χ1v) is 14.6. The summed E-state index contributed by atoms with van der Waals surface area (Å²) in [6.07, 6.45) is -0.776. The molecule has 11 heteroatoms. The van der Waals surface area contributed by atoms with Gasteiger partial charge in [-0.25, -0.2) is 14.4 Å².